The molecule has 0 radical (unpaired) electrons. The number of hydrogen-bond acceptors (Lipinski definition) is 4. The van der Waals surface area contributed by atoms with Gasteiger partial charge in [-0.15, -0.1) is 0 Å². The predicted molar refractivity (Wildman–Crippen MR) is 84.7 cm³/mol. The maximum Gasteiger partial charge on any atom is 0.287 e. The van der Waals surface area contributed by atoms with Gasteiger partial charge in [0.1, 0.15) is 5.02 Å². The lowest BCUT2D eigenvalue weighted by Crippen LogP contribution is -2.35. The van der Waals surface area contributed by atoms with E-state index in [1.807, 2.05) is 19.0 Å². The van der Waals surface area contributed by atoms with Crippen LogP contribution in [0.1, 0.15) is 33.6 Å². The van der Waals surface area contributed by atoms with Gasteiger partial charge in [0.2, 0.25) is 0 Å². The Morgan fingerprint density at radius 3 is 2.50 bits per heavy atom. The van der Waals surface area contributed by atoms with Crippen LogP contribution in [0, 0.1) is 0 Å². The molecule has 1 rings (SSSR count). The molecule has 6 heteroatoms. The van der Waals surface area contributed by atoms with E-state index in [0.717, 1.165) is 19.4 Å². The molecule has 0 fully saturated rings. The molecule has 0 aliphatic heterocycles. The van der Waals surface area contributed by atoms with E-state index < -0.39 is 0 Å². The molecule has 1 heterocycles. The van der Waals surface area contributed by atoms with Crippen LogP contribution in [0.4, 0.5) is 5.69 Å². The highest BCUT2D eigenvalue weighted by Gasteiger charge is 2.21. The first-order valence-electron chi connectivity index (χ1n) is 7.01. The van der Waals surface area contributed by atoms with Crippen molar-refractivity contribution in [2.75, 3.05) is 26.0 Å². The largest absolute Gasteiger partial charge is 0.377 e. The summed E-state index contributed by atoms with van der Waals surface area (Å²) in [5.41, 5.74) is 0.296. The number of halogens is 1. The van der Waals surface area contributed by atoms with E-state index in [1.165, 1.54) is 4.68 Å². The fourth-order valence-electron chi connectivity index (χ4n) is 1.76. The SMILES string of the molecule is CCC(C)(CC)Nc1cnn(CCN(C)C)c(=O)c1Cl. The van der Waals surface area contributed by atoms with Crippen LogP contribution in [-0.2, 0) is 6.54 Å². The van der Waals surface area contributed by atoms with Crippen molar-refractivity contribution in [3.05, 3.63) is 21.6 Å². The van der Waals surface area contributed by atoms with Gasteiger partial charge in [0.15, 0.2) is 0 Å². The van der Waals surface area contributed by atoms with Gasteiger partial charge >= 0.3 is 0 Å². The molecule has 1 aromatic heterocycles. The van der Waals surface area contributed by atoms with Crippen molar-refractivity contribution in [2.24, 2.45) is 0 Å². The van der Waals surface area contributed by atoms with Crippen LogP contribution < -0.4 is 10.9 Å². The summed E-state index contributed by atoms with van der Waals surface area (Å²) in [6.45, 7) is 7.61. The third-order valence-corrected chi connectivity index (χ3v) is 4.11. The summed E-state index contributed by atoms with van der Waals surface area (Å²) in [6.07, 6.45) is 3.54. The number of nitrogens with zero attached hydrogens (tertiary/aromatic N) is 3. The third-order valence-electron chi connectivity index (χ3n) is 3.74. The summed E-state index contributed by atoms with van der Waals surface area (Å²) < 4.78 is 1.41. The van der Waals surface area contributed by atoms with Crippen LogP contribution in [0.5, 0.6) is 0 Å². The molecule has 1 N–H and O–H groups in total. The molecular weight excluding hydrogens is 276 g/mol. The molecule has 0 aliphatic rings. The predicted octanol–water partition coefficient (Wildman–Crippen LogP) is 2.45. The lowest BCUT2D eigenvalue weighted by molar-refractivity contribution is 0.367. The van der Waals surface area contributed by atoms with Gasteiger partial charge in [0.25, 0.3) is 5.56 Å². The molecule has 0 saturated heterocycles. The van der Waals surface area contributed by atoms with E-state index in [1.54, 1.807) is 6.20 Å². The lowest BCUT2D eigenvalue weighted by atomic mass is 9.95. The van der Waals surface area contributed by atoms with Gasteiger partial charge in [0.05, 0.1) is 18.4 Å². The molecule has 0 aliphatic carbocycles. The molecule has 0 atom stereocenters. The van der Waals surface area contributed by atoms with Gasteiger partial charge in [-0.25, -0.2) is 4.68 Å². The van der Waals surface area contributed by atoms with E-state index in [2.05, 4.69) is 31.2 Å². The Morgan fingerprint density at radius 1 is 1.40 bits per heavy atom. The molecule has 0 aromatic carbocycles. The highest BCUT2D eigenvalue weighted by molar-refractivity contribution is 6.32. The number of likely N-dealkylation sites (N-methyl/N-ethyl adjacent to an activating group) is 1. The number of nitrogens with one attached hydrogen (secondary N) is 1. The normalized spacial score (nSPS) is 11.9. The molecule has 114 valence electrons. The fraction of sp³-hybridized carbons (Fsp3) is 0.714. The minimum atomic E-state index is -0.243. The Hall–Kier alpha value is -1.07. The van der Waals surface area contributed by atoms with Crippen LogP contribution in [0.2, 0.25) is 5.02 Å². The Bertz CT molecular complexity index is 494. The van der Waals surface area contributed by atoms with Crippen molar-refractivity contribution in [2.45, 2.75) is 45.7 Å². The van der Waals surface area contributed by atoms with Crippen LogP contribution in [0.15, 0.2) is 11.0 Å². The van der Waals surface area contributed by atoms with Gasteiger partial charge in [-0.1, -0.05) is 25.4 Å². The summed E-state index contributed by atoms with van der Waals surface area (Å²) in [5.74, 6) is 0. The Morgan fingerprint density at radius 2 is 2.00 bits per heavy atom. The standard InChI is InChI=1S/C14H25ClN4O/c1-6-14(3,7-2)17-11-10-16-19(9-8-18(4)5)13(20)12(11)15/h10,17H,6-9H2,1-5H3. The fourth-order valence-corrected chi connectivity index (χ4v) is 1.95. The summed E-state index contributed by atoms with van der Waals surface area (Å²) in [7, 11) is 3.91. The topological polar surface area (TPSA) is 50.2 Å². The van der Waals surface area contributed by atoms with Crippen LogP contribution in [0.3, 0.4) is 0 Å². The average molecular weight is 301 g/mol. The molecule has 0 amide bonds. The zero-order chi connectivity index (χ0) is 15.3. The number of anilines is 1. The van der Waals surface area contributed by atoms with Crippen molar-refractivity contribution in [3.63, 3.8) is 0 Å². The number of hydrogen-bond donors (Lipinski definition) is 1. The minimum absolute atomic E-state index is 0.0758. The monoisotopic (exact) mass is 300 g/mol. The van der Waals surface area contributed by atoms with Crippen molar-refractivity contribution in [3.8, 4) is 0 Å². The number of aromatic nitrogens is 2. The minimum Gasteiger partial charge on any atom is -0.377 e. The molecule has 1 aromatic rings. The first-order valence-corrected chi connectivity index (χ1v) is 7.39. The van der Waals surface area contributed by atoms with Crippen molar-refractivity contribution >= 4 is 17.3 Å². The maximum atomic E-state index is 12.2. The van der Waals surface area contributed by atoms with E-state index in [-0.39, 0.29) is 16.1 Å². The van der Waals surface area contributed by atoms with Gasteiger partial charge in [0, 0.05) is 12.1 Å². The Balaban J connectivity index is 2.97. The van der Waals surface area contributed by atoms with Crippen molar-refractivity contribution in [1.82, 2.24) is 14.7 Å². The highest BCUT2D eigenvalue weighted by atomic mass is 35.5. The van der Waals surface area contributed by atoms with E-state index in [4.69, 9.17) is 11.6 Å². The van der Waals surface area contributed by atoms with E-state index in [9.17, 15) is 4.79 Å². The smallest absolute Gasteiger partial charge is 0.287 e. The molecule has 5 nitrogen and oxygen atoms in total. The summed E-state index contributed by atoms with van der Waals surface area (Å²) in [4.78, 5) is 14.2. The van der Waals surface area contributed by atoms with Crippen LogP contribution in [-0.4, -0.2) is 40.9 Å². The third kappa shape index (κ3) is 4.21. The molecule has 0 bridgehead atoms. The second-order valence-electron chi connectivity index (χ2n) is 5.60. The van der Waals surface area contributed by atoms with Crippen LogP contribution in [0.25, 0.3) is 0 Å². The van der Waals surface area contributed by atoms with Gasteiger partial charge < -0.3 is 10.2 Å². The van der Waals surface area contributed by atoms with Gasteiger partial charge in [-0.3, -0.25) is 4.79 Å². The highest BCUT2D eigenvalue weighted by Crippen LogP contribution is 2.24. The first-order chi connectivity index (χ1) is 9.33. The number of rotatable bonds is 7. The van der Waals surface area contributed by atoms with Gasteiger partial charge in [-0.2, -0.15) is 5.10 Å². The zero-order valence-corrected chi connectivity index (χ0v) is 13.8. The molecule has 0 spiro atoms. The van der Waals surface area contributed by atoms with Gasteiger partial charge in [-0.05, 0) is 33.9 Å². The maximum absolute atomic E-state index is 12.2. The first kappa shape index (κ1) is 17.0. The summed E-state index contributed by atoms with van der Waals surface area (Å²) in [6, 6.07) is 0. The summed E-state index contributed by atoms with van der Waals surface area (Å²) >= 11 is 6.18. The second kappa shape index (κ2) is 7.09. The molecule has 0 saturated carbocycles. The molecule has 0 unspecified atom stereocenters. The molecule has 20 heavy (non-hydrogen) atoms. The Labute approximate surface area is 125 Å². The quantitative estimate of drug-likeness (QED) is 0.840. The van der Waals surface area contributed by atoms with Crippen molar-refractivity contribution in [1.29, 1.82) is 0 Å². The second-order valence-corrected chi connectivity index (χ2v) is 5.97. The van der Waals surface area contributed by atoms with Crippen LogP contribution >= 0.6 is 11.6 Å². The Kier molecular flexibility index (Phi) is 6.02. The average Bonchev–Trinajstić information content (AvgIpc) is 2.42. The zero-order valence-electron chi connectivity index (χ0n) is 13.0. The molecular formula is C14H25ClN4O. The van der Waals surface area contributed by atoms with Crippen molar-refractivity contribution < 1.29 is 0 Å². The lowest BCUT2D eigenvalue weighted by Gasteiger charge is -2.29. The summed E-state index contributed by atoms with van der Waals surface area (Å²) in [5, 5.41) is 7.75. The van der Waals surface area contributed by atoms with E-state index in [0.29, 0.717) is 12.2 Å². The van der Waals surface area contributed by atoms with E-state index >= 15 is 0 Å².